The Morgan fingerprint density at radius 2 is 1.90 bits per heavy atom. The number of aromatic nitrogens is 1. The lowest BCUT2D eigenvalue weighted by Crippen LogP contribution is -2.13. The summed E-state index contributed by atoms with van der Waals surface area (Å²) in [5, 5.41) is 4.36. The van der Waals surface area contributed by atoms with Gasteiger partial charge in [0.2, 0.25) is 0 Å². The molecule has 21 heavy (non-hydrogen) atoms. The van der Waals surface area contributed by atoms with Gasteiger partial charge in [-0.25, -0.2) is 0 Å². The molecule has 1 unspecified atom stereocenters. The van der Waals surface area contributed by atoms with Gasteiger partial charge < -0.3 is 10.1 Å². The van der Waals surface area contributed by atoms with Crippen LogP contribution in [0.4, 0.5) is 0 Å². The normalized spacial score (nSPS) is 12.3. The van der Waals surface area contributed by atoms with E-state index in [-0.39, 0.29) is 6.04 Å². The summed E-state index contributed by atoms with van der Waals surface area (Å²) in [4.78, 5) is 4.36. The number of hydrogen-bond donors (Lipinski definition) is 1. The number of para-hydroxylation sites is 1. The van der Waals surface area contributed by atoms with Crippen LogP contribution < -0.4 is 10.1 Å². The third-order valence-electron chi connectivity index (χ3n) is 3.62. The molecule has 1 aromatic heterocycles. The molecule has 1 N–H and O–H groups in total. The van der Waals surface area contributed by atoms with Gasteiger partial charge >= 0.3 is 0 Å². The van der Waals surface area contributed by atoms with E-state index in [1.165, 1.54) is 0 Å². The van der Waals surface area contributed by atoms with E-state index in [1.807, 2.05) is 55.6 Å². The highest BCUT2D eigenvalue weighted by Gasteiger charge is 2.10. The molecule has 2 aromatic carbocycles. The van der Waals surface area contributed by atoms with E-state index in [0.717, 1.165) is 28.0 Å². The minimum atomic E-state index is 0.236. The maximum absolute atomic E-state index is 6.06. The van der Waals surface area contributed by atoms with E-state index >= 15 is 0 Å². The van der Waals surface area contributed by atoms with Crippen LogP contribution in [-0.2, 0) is 0 Å². The van der Waals surface area contributed by atoms with Gasteiger partial charge in [-0.3, -0.25) is 4.98 Å². The SMILES string of the molecule is CNC(C)c1ccccc1Oc1ccc2cccnc2c1. The van der Waals surface area contributed by atoms with E-state index in [1.54, 1.807) is 6.20 Å². The Kier molecular flexibility index (Phi) is 3.84. The van der Waals surface area contributed by atoms with Crippen molar-refractivity contribution in [3.8, 4) is 11.5 Å². The van der Waals surface area contributed by atoms with Gasteiger partial charge in [0.15, 0.2) is 0 Å². The van der Waals surface area contributed by atoms with Crippen molar-refractivity contribution >= 4 is 10.9 Å². The molecule has 3 heteroatoms. The van der Waals surface area contributed by atoms with Crippen molar-refractivity contribution < 1.29 is 4.74 Å². The van der Waals surface area contributed by atoms with E-state index in [4.69, 9.17) is 4.74 Å². The van der Waals surface area contributed by atoms with E-state index < -0.39 is 0 Å². The molecular formula is C18H18N2O. The highest BCUT2D eigenvalue weighted by molar-refractivity contribution is 5.79. The van der Waals surface area contributed by atoms with Crippen molar-refractivity contribution in [1.29, 1.82) is 0 Å². The standard InChI is InChI=1S/C18H18N2O/c1-13(19-2)16-7-3-4-8-18(16)21-15-10-9-14-6-5-11-20-17(14)12-15/h3-13,19H,1-2H3. The smallest absolute Gasteiger partial charge is 0.132 e. The molecule has 0 amide bonds. The lowest BCUT2D eigenvalue weighted by molar-refractivity contribution is 0.467. The van der Waals surface area contributed by atoms with Gasteiger partial charge in [-0.05, 0) is 38.2 Å². The maximum atomic E-state index is 6.06. The van der Waals surface area contributed by atoms with E-state index in [0.29, 0.717) is 0 Å². The van der Waals surface area contributed by atoms with E-state index in [2.05, 4.69) is 23.3 Å². The minimum Gasteiger partial charge on any atom is -0.457 e. The highest BCUT2D eigenvalue weighted by atomic mass is 16.5. The molecule has 0 aliphatic heterocycles. The molecule has 0 saturated carbocycles. The predicted octanol–water partition coefficient (Wildman–Crippen LogP) is 4.31. The number of rotatable bonds is 4. The van der Waals surface area contributed by atoms with E-state index in [9.17, 15) is 0 Å². The molecule has 106 valence electrons. The van der Waals surface area contributed by atoms with Crippen LogP contribution >= 0.6 is 0 Å². The van der Waals surface area contributed by atoms with Crippen molar-refractivity contribution in [2.24, 2.45) is 0 Å². The number of hydrogen-bond acceptors (Lipinski definition) is 3. The number of fused-ring (bicyclic) bond motifs is 1. The summed E-state index contributed by atoms with van der Waals surface area (Å²) in [5.74, 6) is 1.67. The molecule has 0 aliphatic carbocycles. The van der Waals surface area contributed by atoms with Crippen molar-refractivity contribution in [2.75, 3.05) is 7.05 Å². The zero-order chi connectivity index (χ0) is 14.7. The summed E-state index contributed by atoms with van der Waals surface area (Å²) in [7, 11) is 1.95. The van der Waals surface area contributed by atoms with Crippen LogP contribution in [0.25, 0.3) is 10.9 Å². The fourth-order valence-electron chi connectivity index (χ4n) is 2.32. The van der Waals surface area contributed by atoms with Gasteiger partial charge in [-0.1, -0.05) is 24.3 Å². The lowest BCUT2D eigenvalue weighted by atomic mass is 10.1. The van der Waals surface area contributed by atoms with Crippen molar-refractivity contribution in [3.63, 3.8) is 0 Å². The molecule has 3 nitrogen and oxygen atoms in total. The second-order valence-electron chi connectivity index (χ2n) is 5.01. The highest BCUT2D eigenvalue weighted by Crippen LogP contribution is 2.30. The summed E-state index contributed by atoms with van der Waals surface area (Å²) in [6.07, 6.45) is 1.79. The summed E-state index contributed by atoms with van der Waals surface area (Å²) in [6, 6.07) is 18.3. The van der Waals surface area contributed by atoms with Gasteiger partial charge in [0.25, 0.3) is 0 Å². The molecule has 1 atom stereocenters. The van der Waals surface area contributed by atoms with Crippen molar-refractivity contribution in [1.82, 2.24) is 10.3 Å². The Morgan fingerprint density at radius 1 is 1.05 bits per heavy atom. The number of pyridine rings is 1. The molecule has 0 fully saturated rings. The zero-order valence-corrected chi connectivity index (χ0v) is 12.2. The number of nitrogens with one attached hydrogen (secondary N) is 1. The molecule has 3 rings (SSSR count). The first kappa shape index (κ1) is 13.6. The summed E-state index contributed by atoms with van der Waals surface area (Å²) < 4.78 is 6.06. The Labute approximate surface area is 124 Å². The molecular weight excluding hydrogens is 260 g/mol. The first-order chi connectivity index (χ1) is 10.3. The summed E-state index contributed by atoms with van der Waals surface area (Å²) in [6.45, 7) is 2.12. The van der Waals surface area contributed by atoms with Crippen LogP contribution in [0.5, 0.6) is 11.5 Å². The maximum Gasteiger partial charge on any atom is 0.132 e. The molecule has 3 aromatic rings. The number of ether oxygens (including phenoxy) is 1. The molecule has 0 radical (unpaired) electrons. The van der Waals surface area contributed by atoms with Gasteiger partial charge in [0.1, 0.15) is 11.5 Å². The van der Waals surface area contributed by atoms with Crippen LogP contribution in [0.1, 0.15) is 18.5 Å². The average Bonchev–Trinajstić information content (AvgIpc) is 2.54. The van der Waals surface area contributed by atoms with Gasteiger partial charge in [0.05, 0.1) is 5.52 Å². The van der Waals surface area contributed by atoms with Crippen molar-refractivity contribution in [3.05, 3.63) is 66.4 Å². The van der Waals surface area contributed by atoms with Gasteiger partial charge in [-0.2, -0.15) is 0 Å². The third kappa shape index (κ3) is 2.88. The first-order valence-electron chi connectivity index (χ1n) is 7.07. The van der Waals surface area contributed by atoms with Crippen LogP contribution in [0.3, 0.4) is 0 Å². The molecule has 0 saturated heterocycles. The van der Waals surface area contributed by atoms with Crippen LogP contribution in [0.15, 0.2) is 60.8 Å². The predicted molar refractivity (Wildman–Crippen MR) is 85.7 cm³/mol. The van der Waals surface area contributed by atoms with Crippen LogP contribution in [0, 0.1) is 0 Å². The fourth-order valence-corrected chi connectivity index (χ4v) is 2.32. The number of benzene rings is 2. The average molecular weight is 278 g/mol. The van der Waals surface area contributed by atoms with Crippen LogP contribution in [0.2, 0.25) is 0 Å². The lowest BCUT2D eigenvalue weighted by Gasteiger charge is -2.16. The first-order valence-corrected chi connectivity index (χ1v) is 7.07. The van der Waals surface area contributed by atoms with Crippen LogP contribution in [-0.4, -0.2) is 12.0 Å². The second kappa shape index (κ2) is 5.94. The fraction of sp³-hybridized carbons (Fsp3) is 0.167. The monoisotopic (exact) mass is 278 g/mol. The summed E-state index contributed by atoms with van der Waals surface area (Å²) in [5.41, 5.74) is 2.08. The molecule has 0 aliphatic rings. The van der Waals surface area contributed by atoms with Gasteiger partial charge in [0, 0.05) is 29.3 Å². The Morgan fingerprint density at radius 3 is 2.76 bits per heavy atom. The Bertz CT molecular complexity index is 755. The molecule has 0 spiro atoms. The number of nitrogens with zero attached hydrogens (tertiary/aromatic N) is 1. The zero-order valence-electron chi connectivity index (χ0n) is 12.2. The Balaban J connectivity index is 1.95. The van der Waals surface area contributed by atoms with Gasteiger partial charge in [-0.15, -0.1) is 0 Å². The Hall–Kier alpha value is -2.39. The third-order valence-corrected chi connectivity index (χ3v) is 3.62. The largest absolute Gasteiger partial charge is 0.457 e. The molecule has 0 bridgehead atoms. The molecule has 1 heterocycles. The van der Waals surface area contributed by atoms with Crippen molar-refractivity contribution in [2.45, 2.75) is 13.0 Å². The second-order valence-corrected chi connectivity index (χ2v) is 5.01. The minimum absolute atomic E-state index is 0.236. The topological polar surface area (TPSA) is 34.1 Å². The quantitative estimate of drug-likeness (QED) is 0.772. The summed E-state index contributed by atoms with van der Waals surface area (Å²) >= 11 is 0.